The third kappa shape index (κ3) is 3.44. The zero-order valence-electron chi connectivity index (χ0n) is 14.7. The van der Waals surface area contributed by atoms with E-state index in [2.05, 4.69) is 5.32 Å². The number of rotatable bonds is 6. The van der Waals surface area contributed by atoms with Crippen LogP contribution in [0.2, 0.25) is 0 Å². The second kappa shape index (κ2) is 7.39. The summed E-state index contributed by atoms with van der Waals surface area (Å²) < 4.78 is 5.12. The lowest BCUT2D eigenvalue weighted by Crippen LogP contribution is -2.35. The van der Waals surface area contributed by atoms with Crippen molar-refractivity contribution in [2.24, 2.45) is 0 Å². The summed E-state index contributed by atoms with van der Waals surface area (Å²) in [6, 6.07) is 13.9. The summed E-state index contributed by atoms with van der Waals surface area (Å²) in [6.07, 6.45) is 0.0615. The Morgan fingerprint density at radius 2 is 1.62 bits per heavy atom. The van der Waals surface area contributed by atoms with Crippen molar-refractivity contribution in [2.45, 2.75) is 19.4 Å². The smallest absolute Gasteiger partial charge is 0.261 e. The molecule has 6 nitrogen and oxygen atoms in total. The van der Waals surface area contributed by atoms with Crippen LogP contribution in [0.5, 0.6) is 5.75 Å². The lowest BCUT2D eigenvalue weighted by Gasteiger charge is -2.17. The molecule has 0 saturated heterocycles. The van der Waals surface area contributed by atoms with Crippen LogP contribution in [0, 0.1) is 0 Å². The van der Waals surface area contributed by atoms with E-state index >= 15 is 0 Å². The first-order valence-electron chi connectivity index (χ1n) is 8.40. The number of carbonyl (C=O) groups excluding carboxylic acids is 3. The lowest BCUT2D eigenvalue weighted by molar-refractivity contribution is -0.121. The molecule has 0 fully saturated rings. The van der Waals surface area contributed by atoms with Gasteiger partial charge in [-0.05, 0) is 36.8 Å². The van der Waals surface area contributed by atoms with Crippen LogP contribution in [0.25, 0.3) is 0 Å². The molecule has 1 heterocycles. The van der Waals surface area contributed by atoms with Gasteiger partial charge in [0.1, 0.15) is 5.75 Å². The fourth-order valence-corrected chi connectivity index (χ4v) is 2.95. The van der Waals surface area contributed by atoms with Crippen LogP contribution in [0.4, 0.5) is 0 Å². The molecule has 1 aliphatic heterocycles. The largest absolute Gasteiger partial charge is 0.497 e. The number of hydrogen-bond acceptors (Lipinski definition) is 4. The lowest BCUT2D eigenvalue weighted by atomic mass is 10.1. The molecular weight excluding hydrogens is 332 g/mol. The van der Waals surface area contributed by atoms with Crippen molar-refractivity contribution in [1.82, 2.24) is 10.2 Å². The molecule has 0 saturated carbocycles. The highest BCUT2D eigenvalue weighted by Gasteiger charge is 2.34. The molecule has 6 heteroatoms. The van der Waals surface area contributed by atoms with Crippen molar-refractivity contribution in [2.75, 3.05) is 13.7 Å². The van der Waals surface area contributed by atoms with E-state index in [1.165, 1.54) is 0 Å². The second-order valence-corrected chi connectivity index (χ2v) is 6.12. The van der Waals surface area contributed by atoms with E-state index in [1.807, 2.05) is 31.2 Å². The predicted octanol–water partition coefficient (Wildman–Crippen LogP) is 2.56. The average molecular weight is 352 g/mol. The minimum atomic E-state index is -0.346. The Kier molecular flexibility index (Phi) is 5.02. The summed E-state index contributed by atoms with van der Waals surface area (Å²) >= 11 is 0. The molecule has 1 atom stereocenters. The van der Waals surface area contributed by atoms with Crippen LogP contribution in [-0.2, 0) is 4.79 Å². The van der Waals surface area contributed by atoms with Gasteiger partial charge in [-0.2, -0.15) is 0 Å². The first-order valence-corrected chi connectivity index (χ1v) is 8.40. The van der Waals surface area contributed by atoms with Crippen LogP contribution in [0.3, 0.4) is 0 Å². The molecule has 0 aromatic heterocycles. The molecule has 1 aliphatic rings. The first-order chi connectivity index (χ1) is 12.5. The van der Waals surface area contributed by atoms with Gasteiger partial charge in [0.05, 0.1) is 24.3 Å². The molecule has 0 bridgehead atoms. The van der Waals surface area contributed by atoms with Gasteiger partial charge in [0.2, 0.25) is 5.91 Å². The highest BCUT2D eigenvalue weighted by Crippen LogP contribution is 2.22. The molecule has 2 aromatic rings. The average Bonchev–Trinajstić information content (AvgIpc) is 2.91. The maximum Gasteiger partial charge on any atom is 0.261 e. The molecule has 0 spiro atoms. The normalized spacial score (nSPS) is 14.2. The third-order valence-electron chi connectivity index (χ3n) is 4.43. The molecule has 26 heavy (non-hydrogen) atoms. The summed E-state index contributed by atoms with van der Waals surface area (Å²) in [5.41, 5.74) is 1.73. The van der Waals surface area contributed by atoms with Crippen molar-refractivity contribution in [1.29, 1.82) is 0 Å². The SMILES string of the molecule is COc1ccc([C@@H](C)NC(=O)CCN2C(=O)c3ccccc3C2=O)cc1. The summed E-state index contributed by atoms with van der Waals surface area (Å²) in [4.78, 5) is 37.9. The number of nitrogens with zero attached hydrogens (tertiary/aromatic N) is 1. The second-order valence-electron chi connectivity index (χ2n) is 6.12. The number of fused-ring (bicyclic) bond motifs is 1. The fraction of sp³-hybridized carbons (Fsp3) is 0.250. The molecule has 3 rings (SSSR count). The minimum Gasteiger partial charge on any atom is -0.497 e. The minimum absolute atomic E-state index is 0.0615. The number of carbonyl (C=O) groups is 3. The molecule has 0 aliphatic carbocycles. The van der Waals surface area contributed by atoms with Crippen LogP contribution >= 0.6 is 0 Å². The number of imide groups is 1. The van der Waals surface area contributed by atoms with E-state index in [0.717, 1.165) is 16.2 Å². The number of amides is 3. The van der Waals surface area contributed by atoms with Gasteiger partial charge in [-0.25, -0.2) is 0 Å². The Hall–Kier alpha value is -3.15. The first kappa shape index (κ1) is 17.7. The maximum absolute atomic E-state index is 12.3. The molecule has 2 aromatic carbocycles. The van der Waals surface area contributed by atoms with Gasteiger partial charge in [0.15, 0.2) is 0 Å². The molecule has 0 radical (unpaired) electrons. The van der Waals surface area contributed by atoms with Crippen LogP contribution < -0.4 is 10.1 Å². The van der Waals surface area contributed by atoms with Crippen LogP contribution in [-0.4, -0.2) is 36.3 Å². The standard InChI is InChI=1S/C20H20N2O4/c1-13(14-7-9-15(26-2)10-8-14)21-18(23)11-12-22-19(24)16-5-3-4-6-17(16)20(22)25/h3-10,13H,11-12H2,1-2H3,(H,21,23)/t13-/m1/s1. The predicted molar refractivity (Wildman–Crippen MR) is 96.0 cm³/mol. The topological polar surface area (TPSA) is 75.7 Å². The quantitative estimate of drug-likeness (QED) is 0.811. The van der Waals surface area contributed by atoms with Gasteiger partial charge in [-0.1, -0.05) is 24.3 Å². The van der Waals surface area contributed by atoms with E-state index in [0.29, 0.717) is 11.1 Å². The molecule has 0 unspecified atom stereocenters. The molecule has 3 amide bonds. The number of benzene rings is 2. The summed E-state index contributed by atoms with van der Waals surface area (Å²) in [5.74, 6) is -0.161. The van der Waals surface area contributed by atoms with Gasteiger partial charge >= 0.3 is 0 Å². The van der Waals surface area contributed by atoms with Gasteiger partial charge in [-0.15, -0.1) is 0 Å². The Morgan fingerprint density at radius 1 is 1.04 bits per heavy atom. The van der Waals surface area contributed by atoms with Crippen molar-refractivity contribution >= 4 is 17.7 Å². The Bertz CT molecular complexity index is 810. The molecular formula is C20H20N2O4. The van der Waals surface area contributed by atoms with Gasteiger partial charge in [-0.3, -0.25) is 19.3 Å². The third-order valence-corrected chi connectivity index (χ3v) is 4.43. The zero-order valence-corrected chi connectivity index (χ0v) is 14.7. The van der Waals surface area contributed by atoms with Crippen molar-refractivity contribution < 1.29 is 19.1 Å². The van der Waals surface area contributed by atoms with Crippen LogP contribution in [0.1, 0.15) is 45.7 Å². The number of methoxy groups -OCH3 is 1. The van der Waals surface area contributed by atoms with Crippen molar-refractivity contribution in [3.05, 3.63) is 65.2 Å². The van der Waals surface area contributed by atoms with E-state index in [-0.39, 0.29) is 36.7 Å². The highest BCUT2D eigenvalue weighted by molar-refractivity contribution is 6.21. The van der Waals surface area contributed by atoms with Crippen molar-refractivity contribution in [3.63, 3.8) is 0 Å². The summed E-state index contributed by atoms with van der Waals surface area (Å²) in [5, 5.41) is 2.88. The molecule has 134 valence electrons. The zero-order chi connectivity index (χ0) is 18.7. The van der Waals surface area contributed by atoms with E-state index in [9.17, 15) is 14.4 Å². The van der Waals surface area contributed by atoms with E-state index < -0.39 is 0 Å². The monoisotopic (exact) mass is 352 g/mol. The number of ether oxygens (including phenoxy) is 1. The Morgan fingerprint density at radius 3 is 2.15 bits per heavy atom. The van der Waals surface area contributed by atoms with Gasteiger partial charge < -0.3 is 10.1 Å². The van der Waals surface area contributed by atoms with E-state index in [4.69, 9.17) is 4.74 Å². The maximum atomic E-state index is 12.3. The number of hydrogen-bond donors (Lipinski definition) is 1. The van der Waals surface area contributed by atoms with Crippen LogP contribution in [0.15, 0.2) is 48.5 Å². The summed E-state index contributed by atoms with van der Waals surface area (Å²) in [7, 11) is 1.60. The molecule has 1 N–H and O–H groups in total. The highest BCUT2D eigenvalue weighted by atomic mass is 16.5. The fourth-order valence-electron chi connectivity index (χ4n) is 2.95. The van der Waals surface area contributed by atoms with Crippen molar-refractivity contribution in [3.8, 4) is 5.75 Å². The van der Waals surface area contributed by atoms with Gasteiger partial charge in [0, 0.05) is 13.0 Å². The van der Waals surface area contributed by atoms with Gasteiger partial charge in [0.25, 0.3) is 11.8 Å². The number of nitrogens with one attached hydrogen (secondary N) is 1. The summed E-state index contributed by atoms with van der Waals surface area (Å²) in [6.45, 7) is 1.94. The Labute approximate surface area is 151 Å². The Balaban J connectivity index is 1.56. The van der Waals surface area contributed by atoms with E-state index in [1.54, 1.807) is 31.4 Å².